The fraction of sp³-hybridized carbons (Fsp3) is 0.417. The van der Waals surface area contributed by atoms with Gasteiger partial charge in [0.05, 0.1) is 5.60 Å². The summed E-state index contributed by atoms with van der Waals surface area (Å²) in [6.45, 7) is 1.86. The molecule has 0 amide bonds. The molecule has 0 heterocycles. The Kier molecular flexibility index (Phi) is 3.86. The third kappa shape index (κ3) is 3.06. The molecule has 0 fully saturated rings. The highest BCUT2D eigenvalue weighted by molar-refractivity contribution is 5.66. The molecule has 0 radical (unpaired) electrons. The molecule has 0 saturated carbocycles. The number of aliphatic carboxylic acids is 1. The van der Waals surface area contributed by atoms with Gasteiger partial charge in [-0.2, -0.15) is 0 Å². The molecule has 1 atom stereocenters. The number of carbonyl (C=O) groups is 1. The van der Waals surface area contributed by atoms with Crippen molar-refractivity contribution in [3.05, 3.63) is 35.9 Å². The SMILES string of the molecule is CCC(O)(CCC(=O)O)c1ccccc1. The van der Waals surface area contributed by atoms with Gasteiger partial charge in [-0.3, -0.25) is 4.79 Å². The molecule has 0 aromatic heterocycles. The van der Waals surface area contributed by atoms with Crippen LogP contribution in [0.25, 0.3) is 0 Å². The normalized spacial score (nSPS) is 14.5. The summed E-state index contributed by atoms with van der Waals surface area (Å²) >= 11 is 0. The molecule has 2 N–H and O–H groups in total. The summed E-state index contributed by atoms with van der Waals surface area (Å²) in [7, 11) is 0. The molecule has 0 aliphatic rings. The second-order valence-corrected chi connectivity index (χ2v) is 3.64. The highest BCUT2D eigenvalue weighted by Gasteiger charge is 2.27. The number of rotatable bonds is 5. The Hall–Kier alpha value is -1.35. The van der Waals surface area contributed by atoms with Crippen LogP contribution in [-0.2, 0) is 10.4 Å². The van der Waals surface area contributed by atoms with Gasteiger partial charge in [-0.05, 0) is 18.4 Å². The van der Waals surface area contributed by atoms with Gasteiger partial charge in [0.15, 0.2) is 0 Å². The van der Waals surface area contributed by atoms with E-state index >= 15 is 0 Å². The molecule has 1 aromatic carbocycles. The van der Waals surface area contributed by atoms with E-state index in [1.54, 1.807) is 0 Å². The lowest BCUT2D eigenvalue weighted by atomic mass is 9.87. The second kappa shape index (κ2) is 4.94. The molecule has 82 valence electrons. The van der Waals surface area contributed by atoms with E-state index in [4.69, 9.17) is 5.11 Å². The van der Waals surface area contributed by atoms with Crippen molar-refractivity contribution in [2.45, 2.75) is 31.8 Å². The smallest absolute Gasteiger partial charge is 0.303 e. The second-order valence-electron chi connectivity index (χ2n) is 3.64. The molecule has 0 spiro atoms. The minimum Gasteiger partial charge on any atom is -0.481 e. The molecule has 0 aliphatic heterocycles. The predicted molar refractivity (Wildman–Crippen MR) is 57.5 cm³/mol. The van der Waals surface area contributed by atoms with Gasteiger partial charge in [0, 0.05) is 6.42 Å². The molecule has 0 bridgehead atoms. The number of hydrogen-bond acceptors (Lipinski definition) is 2. The molecule has 15 heavy (non-hydrogen) atoms. The standard InChI is InChI=1S/C12H16O3/c1-2-12(15,9-8-11(13)14)10-6-4-3-5-7-10/h3-7,15H,2,8-9H2,1H3,(H,13,14). The predicted octanol–water partition coefficient (Wildman–Crippen LogP) is 2.15. The Morgan fingerprint density at radius 1 is 1.33 bits per heavy atom. The summed E-state index contributed by atoms with van der Waals surface area (Å²) in [6, 6.07) is 9.21. The Morgan fingerprint density at radius 2 is 1.93 bits per heavy atom. The van der Waals surface area contributed by atoms with Crippen molar-refractivity contribution >= 4 is 5.97 Å². The van der Waals surface area contributed by atoms with Crippen LogP contribution >= 0.6 is 0 Å². The monoisotopic (exact) mass is 208 g/mol. The van der Waals surface area contributed by atoms with Crippen LogP contribution in [0.1, 0.15) is 31.7 Å². The van der Waals surface area contributed by atoms with Gasteiger partial charge in [-0.15, -0.1) is 0 Å². The summed E-state index contributed by atoms with van der Waals surface area (Å²) in [5.41, 5.74) is -0.228. The summed E-state index contributed by atoms with van der Waals surface area (Å²) < 4.78 is 0. The zero-order chi connectivity index (χ0) is 11.3. The summed E-state index contributed by atoms with van der Waals surface area (Å²) in [6.07, 6.45) is 0.756. The van der Waals surface area contributed by atoms with Gasteiger partial charge in [0.1, 0.15) is 0 Å². The quantitative estimate of drug-likeness (QED) is 0.779. The largest absolute Gasteiger partial charge is 0.481 e. The van der Waals surface area contributed by atoms with Crippen LogP contribution in [0.2, 0.25) is 0 Å². The number of hydrogen-bond donors (Lipinski definition) is 2. The molecule has 1 rings (SSSR count). The zero-order valence-electron chi connectivity index (χ0n) is 8.81. The maximum absolute atomic E-state index is 10.5. The average Bonchev–Trinajstić information content (AvgIpc) is 2.27. The van der Waals surface area contributed by atoms with E-state index in [1.807, 2.05) is 37.3 Å². The van der Waals surface area contributed by atoms with Crippen molar-refractivity contribution in [2.24, 2.45) is 0 Å². The number of benzene rings is 1. The van der Waals surface area contributed by atoms with E-state index in [9.17, 15) is 9.90 Å². The van der Waals surface area contributed by atoms with E-state index in [1.165, 1.54) is 0 Å². The fourth-order valence-electron chi connectivity index (χ4n) is 1.59. The molecule has 1 aromatic rings. The molecular weight excluding hydrogens is 192 g/mol. The van der Waals surface area contributed by atoms with E-state index in [2.05, 4.69) is 0 Å². The van der Waals surface area contributed by atoms with Crippen molar-refractivity contribution in [3.63, 3.8) is 0 Å². The van der Waals surface area contributed by atoms with E-state index < -0.39 is 11.6 Å². The van der Waals surface area contributed by atoms with Crippen LogP contribution in [0.15, 0.2) is 30.3 Å². The highest BCUT2D eigenvalue weighted by atomic mass is 16.4. The van der Waals surface area contributed by atoms with Crippen molar-refractivity contribution in [1.29, 1.82) is 0 Å². The average molecular weight is 208 g/mol. The fourth-order valence-corrected chi connectivity index (χ4v) is 1.59. The third-order valence-corrected chi connectivity index (χ3v) is 2.65. The van der Waals surface area contributed by atoms with Crippen molar-refractivity contribution < 1.29 is 15.0 Å². The topological polar surface area (TPSA) is 57.5 Å². The van der Waals surface area contributed by atoms with Crippen LogP contribution in [0.3, 0.4) is 0 Å². The molecule has 0 aliphatic carbocycles. The van der Waals surface area contributed by atoms with E-state index in [0.717, 1.165) is 5.56 Å². The number of carboxylic acid groups (broad SMARTS) is 1. The summed E-state index contributed by atoms with van der Waals surface area (Å²) in [4.78, 5) is 10.5. The molecule has 3 heteroatoms. The lowest BCUT2D eigenvalue weighted by Crippen LogP contribution is -2.25. The number of carboxylic acids is 1. The first-order valence-corrected chi connectivity index (χ1v) is 5.08. The van der Waals surface area contributed by atoms with Gasteiger partial charge >= 0.3 is 5.97 Å². The Morgan fingerprint density at radius 3 is 2.40 bits per heavy atom. The Balaban J connectivity index is 2.80. The first-order valence-electron chi connectivity index (χ1n) is 5.08. The van der Waals surface area contributed by atoms with E-state index in [0.29, 0.717) is 6.42 Å². The maximum atomic E-state index is 10.5. The molecule has 3 nitrogen and oxygen atoms in total. The van der Waals surface area contributed by atoms with Gasteiger partial charge in [0.2, 0.25) is 0 Å². The highest BCUT2D eigenvalue weighted by Crippen LogP contribution is 2.29. The molecule has 0 saturated heterocycles. The van der Waals surface area contributed by atoms with Gasteiger partial charge < -0.3 is 10.2 Å². The first-order chi connectivity index (χ1) is 7.08. The van der Waals surface area contributed by atoms with Crippen LogP contribution in [-0.4, -0.2) is 16.2 Å². The van der Waals surface area contributed by atoms with Crippen molar-refractivity contribution in [1.82, 2.24) is 0 Å². The van der Waals surface area contributed by atoms with Crippen LogP contribution in [0.4, 0.5) is 0 Å². The van der Waals surface area contributed by atoms with E-state index in [-0.39, 0.29) is 12.8 Å². The van der Waals surface area contributed by atoms with Crippen LogP contribution in [0, 0.1) is 0 Å². The number of aliphatic hydroxyl groups is 1. The first kappa shape index (κ1) is 11.7. The minimum atomic E-state index is -1.01. The van der Waals surface area contributed by atoms with Crippen molar-refractivity contribution in [2.75, 3.05) is 0 Å². The lowest BCUT2D eigenvalue weighted by molar-refractivity contribution is -0.138. The maximum Gasteiger partial charge on any atom is 0.303 e. The van der Waals surface area contributed by atoms with Crippen molar-refractivity contribution in [3.8, 4) is 0 Å². The summed E-state index contributed by atoms with van der Waals surface area (Å²) in [5, 5.41) is 18.9. The van der Waals surface area contributed by atoms with Crippen LogP contribution < -0.4 is 0 Å². The van der Waals surface area contributed by atoms with Gasteiger partial charge in [-0.25, -0.2) is 0 Å². The zero-order valence-corrected chi connectivity index (χ0v) is 8.81. The summed E-state index contributed by atoms with van der Waals surface area (Å²) in [5.74, 6) is -0.877. The molecular formula is C12H16O3. The minimum absolute atomic E-state index is 0.0146. The Labute approximate surface area is 89.4 Å². The molecule has 1 unspecified atom stereocenters. The van der Waals surface area contributed by atoms with Crippen LogP contribution in [0.5, 0.6) is 0 Å². The third-order valence-electron chi connectivity index (χ3n) is 2.65. The Bertz CT molecular complexity index is 321. The lowest BCUT2D eigenvalue weighted by Gasteiger charge is -2.26. The van der Waals surface area contributed by atoms with Gasteiger partial charge in [-0.1, -0.05) is 37.3 Å². The van der Waals surface area contributed by atoms with Gasteiger partial charge in [0.25, 0.3) is 0 Å².